The fourth-order valence-electron chi connectivity index (χ4n) is 3.16. The van der Waals surface area contributed by atoms with Gasteiger partial charge in [-0.3, -0.25) is 4.79 Å². The number of hydrogen-bond donors (Lipinski definition) is 0. The second-order valence-corrected chi connectivity index (χ2v) is 5.45. The molecular weight excluding hydrogens is 198 g/mol. The van der Waals surface area contributed by atoms with Crippen molar-refractivity contribution in [3.63, 3.8) is 0 Å². The highest BCUT2D eigenvalue weighted by Crippen LogP contribution is 2.35. The van der Waals surface area contributed by atoms with Crippen LogP contribution < -0.4 is 0 Å². The molecule has 1 heterocycles. The molecule has 2 fully saturated rings. The zero-order valence-electron chi connectivity index (χ0n) is 10.3. The summed E-state index contributed by atoms with van der Waals surface area (Å²) in [6.45, 7) is 5.37. The molecule has 0 aromatic heterocycles. The van der Waals surface area contributed by atoms with E-state index in [9.17, 15) is 4.79 Å². The third-order valence-corrected chi connectivity index (χ3v) is 4.46. The molecule has 0 radical (unpaired) electrons. The minimum atomic E-state index is 0.150. The predicted molar refractivity (Wildman–Crippen MR) is 64.6 cm³/mol. The minimum absolute atomic E-state index is 0.150. The van der Waals surface area contributed by atoms with E-state index in [-0.39, 0.29) is 11.8 Å². The van der Waals surface area contributed by atoms with Crippen LogP contribution in [-0.2, 0) is 4.79 Å². The Labute approximate surface area is 98.4 Å². The molecule has 1 aliphatic heterocycles. The molecule has 88 valence electrons. The Bertz CT molecular complexity index is 317. The maximum absolute atomic E-state index is 11.9. The summed E-state index contributed by atoms with van der Waals surface area (Å²) in [5.41, 5.74) is 0. The fourth-order valence-corrected chi connectivity index (χ4v) is 3.16. The number of terminal acetylenes is 1. The molecule has 0 spiro atoms. The minimum Gasteiger partial charge on any atom is -0.338 e. The number of carbonyl (C=O) groups excluding carboxylic acids is 1. The molecule has 0 aromatic rings. The third kappa shape index (κ3) is 1.96. The van der Waals surface area contributed by atoms with E-state index >= 15 is 0 Å². The van der Waals surface area contributed by atoms with Gasteiger partial charge in [0.25, 0.3) is 0 Å². The largest absolute Gasteiger partial charge is 0.338 e. The summed E-state index contributed by atoms with van der Waals surface area (Å²) in [6, 6.07) is 0.439. The number of amides is 1. The number of nitrogens with zero attached hydrogens (tertiary/aromatic N) is 1. The van der Waals surface area contributed by atoms with Crippen molar-refractivity contribution in [1.29, 1.82) is 0 Å². The number of carbonyl (C=O) groups is 1. The molecular formula is C14H21NO. The fraction of sp³-hybridized carbons (Fsp3) is 0.786. The summed E-state index contributed by atoms with van der Waals surface area (Å²) >= 11 is 0. The van der Waals surface area contributed by atoms with E-state index in [0.717, 1.165) is 18.9 Å². The third-order valence-electron chi connectivity index (χ3n) is 4.46. The molecule has 0 bridgehead atoms. The second kappa shape index (κ2) is 4.49. The van der Waals surface area contributed by atoms with Crippen LogP contribution >= 0.6 is 0 Å². The van der Waals surface area contributed by atoms with Crippen LogP contribution in [0.5, 0.6) is 0 Å². The lowest BCUT2D eigenvalue weighted by molar-refractivity contribution is -0.131. The van der Waals surface area contributed by atoms with Gasteiger partial charge in [-0.15, -0.1) is 12.3 Å². The van der Waals surface area contributed by atoms with E-state index in [4.69, 9.17) is 6.42 Å². The summed E-state index contributed by atoms with van der Waals surface area (Å²) in [5.74, 6) is 4.50. The molecule has 0 N–H and O–H groups in total. The van der Waals surface area contributed by atoms with Crippen LogP contribution in [0.15, 0.2) is 0 Å². The lowest BCUT2D eigenvalue weighted by atomic mass is 9.77. The van der Waals surface area contributed by atoms with Gasteiger partial charge >= 0.3 is 0 Å². The first kappa shape index (κ1) is 11.5. The molecule has 1 amide bonds. The van der Waals surface area contributed by atoms with E-state index in [2.05, 4.69) is 24.7 Å². The maximum Gasteiger partial charge on any atom is 0.224 e. The molecule has 2 rings (SSSR count). The quantitative estimate of drug-likeness (QED) is 0.620. The lowest BCUT2D eigenvalue weighted by Gasteiger charge is -2.39. The van der Waals surface area contributed by atoms with Crippen LogP contribution in [0.25, 0.3) is 0 Å². The molecule has 0 aromatic carbocycles. The summed E-state index contributed by atoms with van der Waals surface area (Å²) < 4.78 is 0. The van der Waals surface area contributed by atoms with Gasteiger partial charge < -0.3 is 4.90 Å². The average molecular weight is 219 g/mol. The molecule has 4 atom stereocenters. The first-order chi connectivity index (χ1) is 7.63. The summed E-state index contributed by atoms with van der Waals surface area (Å²) in [7, 11) is 0. The van der Waals surface area contributed by atoms with Crippen LogP contribution in [0.2, 0.25) is 0 Å². The van der Waals surface area contributed by atoms with Crippen molar-refractivity contribution in [2.24, 2.45) is 17.8 Å². The Balaban J connectivity index is 2.07. The van der Waals surface area contributed by atoms with Crippen molar-refractivity contribution in [3.05, 3.63) is 0 Å². The molecule has 2 heteroatoms. The number of likely N-dealkylation sites (tertiary alicyclic amines) is 1. The van der Waals surface area contributed by atoms with E-state index in [1.807, 2.05) is 0 Å². The monoisotopic (exact) mass is 219 g/mol. The van der Waals surface area contributed by atoms with Crippen molar-refractivity contribution >= 4 is 5.91 Å². The van der Waals surface area contributed by atoms with Gasteiger partial charge in [0.15, 0.2) is 0 Å². The maximum atomic E-state index is 11.9. The Kier molecular flexibility index (Phi) is 3.23. The molecule has 2 nitrogen and oxygen atoms in total. The SMILES string of the molecule is C#CC1CC(=O)N(C2CCCC(C)C2C)C1. The Hall–Kier alpha value is -0.970. The van der Waals surface area contributed by atoms with E-state index in [1.165, 1.54) is 12.8 Å². The average Bonchev–Trinajstić information content (AvgIpc) is 2.64. The van der Waals surface area contributed by atoms with Gasteiger partial charge in [-0.05, 0) is 18.3 Å². The Morgan fingerprint density at radius 2 is 2.12 bits per heavy atom. The second-order valence-electron chi connectivity index (χ2n) is 5.45. The topological polar surface area (TPSA) is 20.3 Å². The smallest absolute Gasteiger partial charge is 0.224 e. The van der Waals surface area contributed by atoms with Crippen LogP contribution in [0, 0.1) is 30.1 Å². The van der Waals surface area contributed by atoms with Gasteiger partial charge in [-0.1, -0.05) is 26.7 Å². The van der Waals surface area contributed by atoms with Crippen molar-refractivity contribution in [2.45, 2.75) is 45.6 Å². The van der Waals surface area contributed by atoms with E-state index in [1.54, 1.807) is 0 Å². The van der Waals surface area contributed by atoms with Crippen LogP contribution in [-0.4, -0.2) is 23.4 Å². The highest BCUT2D eigenvalue weighted by Gasteiger charge is 2.38. The Morgan fingerprint density at radius 1 is 1.38 bits per heavy atom. The molecule has 16 heavy (non-hydrogen) atoms. The summed E-state index contributed by atoms with van der Waals surface area (Å²) in [4.78, 5) is 14.0. The lowest BCUT2D eigenvalue weighted by Crippen LogP contribution is -2.44. The van der Waals surface area contributed by atoms with E-state index in [0.29, 0.717) is 18.4 Å². The van der Waals surface area contributed by atoms with Gasteiger partial charge in [0.2, 0.25) is 5.91 Å². The van der Waals surface area contributed by atoms with Gasteiger partial charge in [-0.25, -0.2) is 0 Å². The van der Waals surface area contributed by atoms with Crippen LogP contribution in [0.4, 0.5) is 0 Å². The van der Waals surface area contributed by atoms with Gasteiger partial charge in [0.1, 0.15) is 0 Å². The Morgan fingerprint density at radius 3 is 2.75 bits per heavy atom. The standard InChI is InChI=1S/C14H21NO/c1-4-12-8-14(16)15(9-12)13-7-5-6-10(2)11(13)3/h1,10-13H,5-9H2,2-3H3. The van der Waals surface area contributed by atoms with E-state index < -0.39 is 0 Å². The number of rotatable bonds is 1. The molecule has 4 unspecified atom stereocenters. The van der Waals surface area contributed by atoms with Gasteiger partial charge in [0, 0.05) is 24.9 Å². The predicted octanol–water partition coefficient (Wildman–Crippen LogP) is 2.29. The van der Waals surface area contributed by atoms with Crippen LogP contribution in [0.3, 0.4) is 0 Å². The van der Waals surface area contributed by atoms with Crippen molar-refractivity contribution in [3.8, 4) is 12.3 Å². The molecule has 2 aliphatic rings. The first-order valence-corrected chi connectivity index (χ1v) is 6.39. The summed E-state index contributed by atoms with van der Waals surface area (Å²) in [5, 5.41) is 0. The summed E-state index contributed by atoms with van der Waals surface area (Å²) in [6.07, 6.45) is 9.70. The van der Waals surface area contributed by atoms with Crippen LogP contribution in [0.1, 0.15) is 39.5 Å². The molecule has 1 saturated carbocycles. The molecule has 1 saturated heterocycles. The highest BCUT2D eigenvalue weighted by molar-refractivity contribution is 5.79. The van der Waals surface area contributed by atoms with Crippen molar-refractivity contribution in [1.82, 2.24) is 4.90 Å². The van der Waals surface area contributed by atoms with Crippen molar-refractivity contribution < 1.29 is 4.79 Å². The van der Waals surface area contributed by atoms with Gasteiger partial charge in [0.05, 0.1) is 0 Å². The highest BCUT2D eigenvalue weighted by atomic mass is 16.2. The zero-order valence-corrected chi connectivity index (χ0v) is 10.3. The number of hydrogen-bond acceptors (Lipinski definition) is 1. The van der Waals surface area contributed by atoms with Gasteiger partial charge in [-0.2, -0.15) is 0 Å². The first-order valence-electron chi connectivity index (χ1n) is 6.39. The normalized spacial score (nSPS) is 39.8. The zero-order chi connectivity index (χ0) is 11.7. The van der Waals surface area contributed by atoms with Crippen molar-refractivity contribution in [2.75, 3.05) is 6.54 Å². The molecule has 1 aliphatic carbocycles.